The molecule has 0 saturated carbocycles. The summed E-state index contributed by atoms with van der Waals surface area (Å²) in [6.07, 6.45) is 9.43. The number of hydrogen-bond donors (Lipinski definition) is 3. The van der Waals surface area contributed by atoms with Gasteiger partial charge in [0.25, 0.3) is 17.7 Å². The van der Waals surface area contributed by atoms with Gasteiger partial charge in [-0.1, -0.05) is 18.2 Å². The standard InChI is InChI=1S/C44H44N10O7/c1-25-14-28-20-46-32-19-38(37(60-5)18-30(32)43(58)54(28)21-25)61-13-7-10-40(56)48-39-24-52(4)41(49-39)36(55)16-26-15-34(50(2)22-26)42(57)47-27-17-35(51(3)23-27)44(59)53-12-11-29-31(45)8-6-9-33(29)53/h6,8-9,11-12,15,17-20,22-24,28H,1,7,10,13-14,16,21,45H2,2-5H3,(H,47,57)(H,48,56)/t28-/m0/s1. The number of Topliss-reactive ketones (excluding diaryl/α,β-unsaturated/α-hetero) is 1. The molecule has 1 atom stereocenters. The summed E-state index contributed by atoms with van der Waals surface area (Å²) < 4.78 is 17.8. The Balaban J connectivity index is 0.837. The number of ketones is 1. The van der Waals surface area contributed by atoms with E-state index in [2.05, 4.69) is 27.2 Å². The van der Waals surface area contributed by atoms with Crippen LogP contribution in [0.4, 0.5) is 22.9 Å². The zero-order valence-electron chi connectivity index (χ0n) is 34.1. The Hall–Kier alpha value is -7.69. The van der Waals surface area contributed by atoms with Crippen molar-refractivity contribution in [3.8, 4) is 11.5 Å². The maximum absolute atomic E-state index is 13.5. The van der Waals surface area contributed by atoms with Gasteiger partial charge in [-0.3, -0.25) is 33.5 Å². The van der Waals surface area contributed by atoms with E-state index in [4.69, 9.17) is 15.2 Å². The van der Waals surface area contributed by atoms with E-state index in [-0.39, 0.29) is 60.6 Å². The first-order valence-corrected chi connectivity index (χ1v) is 19.5. The molecule has 0 bridgehead atoms. The molecular formula is C44H44N10O7. The molecule has 0 radical (unpaired) electrons. The number of imidazole rings is 1. The summed E-state index contributed by atoms with van der Waals surface area (Å²) in [5.74, 6) is -0.333. The molecule has 0 aliphatic carbocycles. The molecule has 2 aromatic carbocycles. The average Bonchev–Trinajstić information content (AvgIpc) is 4.05. The number of aliphatic imine (C=N–C) groups is 1. The number of nitrogen functional groups attached to an aromatic ring is 1. The first-order valence-electron chi connectivity index (χ1n) is 19.5. The third kappa shape index (κ3) is 7.92. The lowest BCUT2D eigenvalue weighted by molar-refractivity contribution is -0.116. The van der Waals surface area contributed by atoms with Gasteiger partial charge in [-0.25, -0.2) is 4.98 Å². The van der Waals surface area contributed by atoms with E-state index in [1.807, 2.05) is 6.07 Å². The van der Waals surface area contributed by atoms with Crippen molar-refractivity contribution >= 4 is 69.4 Å². The molecule has 17 nitrogen and oxygen atoms in total. The molecule has 1 fully saturated rings. The molecule has 0 unspecified atom stereocenters. The molecule has 4 N–H and O–H groups in total. The Morgan fingerprint density at radius 3 is 2.56 bits per heavy atom. The van der Waals surface area contributed by atoms with Gasteiger partial charge in [0.15, 0.2) is 23.1 Å². The van der Waals surface area contributed by atoms with Crippen molar-refractivity contribution in [1.82, 2.24) is 28.2 Å². The van der Waals surface area contributed by atoms with E-state index in [1.165, 1.54) is 16.2 Å². The first-order chi connectivity index (χ1) is 29.3. The number of rotatable bonds is 13. The van der Waals surface area contributed by atoms with Crippen LogP contribution in [0.3, 0.4) is 0 Å². The molecule has 2 aliphatic rings. The van der Waals surface area contributed by atoms with Gasteiger partial charge in [-0.05, 0) is 54.8 Å². The minimum atomic E-state index is -0.423. The van der Waals surface area contributed by atoms with Crippen LogP contribution in [0.5, 0.6) is 11.5 Å². The van der Waals surface area contributed by atoms with Gasteiger partial charge >= 0.3 is 0 Å². The van der Waals surface area contributed by atoms with Crippen LogP contribution in [0.15, 0.2) is 90.5 Å². The number of aromatic nitrogens is 5. The number of nitrogens with two attached hydrogens (primary N) is 1. The van der Waals surface area contributed by atoms with Crippen molar-refractivity contribution in [2.24, 2.45) is 26.1 Å². The lowest BCUT2D eigenvalue weighted by Crippen LogP contribution is -2.35. The fourth-order valence-corrected chi connectivity index (χ4v) is 7.76. The number of nitrogens with one attached hydrogen (secondary N) is 2. The summed E-state index contributed by atoms with van der Waals surface area (Å²) in [5, 5.41) is 6.36. The topological polar surface area (TPSA) is 202 Å². The molecule has 2 aliphatic heterocycles. The predicted octanol–water partition coefficient (Wildman–Crippen LogP) is 5.29. The van der Waals surface area contributed by atoms with Crippen LogP contribution in [0, 0.1) is 0 Å². The van der Waals surface area contributed by atoms with Gasteiger partial charge in [0.1, 0.15) is 11.4 Å². The van der Waals surface area contributed by atoms with Crippen LogP contribution in [0.1, 0.15) is 66.8 Å². The molecule has 312 valence electrons. The van der Waals surface area contributed by atoms with Gasteiger partial charge in [-0.15, -0.1) is 0 Å². The van der Waals surface area contributed by atoms with Gasteiger partial charge in [0.2, 0.25) is 11.7 Å². The first kappa shape index (κ1) is 40.1. The van der Waals surface area contributed by atoms with Crippen LogP contribution in [-0.4, -0.2) is 90.1 Å². The van der Waals surface area contributed by atoms with Crippen LogP contribution in [-0.2, 0) is 32.4 Å². The molecule has 3 amide bonds. The monoisotopic (exact) mass is 824 g/mol. The SMILES string of the molecule is C=C1C[C@H]2C=Nc3cc(OCCCC(=O)Nc4cn(C)c(C(=O)Cc5cc(C(=O)Nc6cc(C(=O)n7ccc8c(N)cccc87)n(C)c6)n(C)c5)n4)c(OC)cc3C(=O)N2C1. The summed E-state index contributed by atoms with van der Waals surface area (Å²) in [6.45, 7) is 4.69. The van der Waals surface area contributed by atoms with E-state index < -0.39 is 5.91 Å². The van der Waals surface area contributed by atoms with E-state index in [0.717, 1.165) is 11.0 Å². The van der Waals surface area contributed by atoms with Crippen LogP contribution in [0.2, 0.25) is 0 Å². The molecule has 4 aromatic heterocycles. The number of amides is 3. The highest BCUT2D eigenvalue weighted by molar-refractivity contribution is 6.07. The number of benzene rings is 2. The molecule has 61 heavy (non-hydrogen) atoms. The second kappa shape index (κ2) is 16.2. The van der Waals surface area contributed by atoms with Gasteiger partial charge < -0.3 is 44.4 Å². The Morgan fingerprint density at radius 1 is 0.951 bits per heavy atom. The molecule has 17 heteroatoms. The summed E-state index contributed by atoms with van der Waals surface area (Å²) in [4.78, 5) is 77.0. The van der Waals surface area contributed by atoms with Crippen LogP contribution in [0.25, 0.3) is 10.9 Å². The number of carbonyl (C=O) groups excluding carboxylic acids is 5. The van der Waals surface area contributed by atoms with E-state index in [9.17, 15) is 24.0 Å². The second-order valence-corrected chi connectivity index (χ2v) is 15.2. The maximum atomic E-state index is 13.5. The van der Waals surface area contributed by atoms with Crippen molar-refractivity contribution in [3.05, 3.63) is 114 Å². The van der Waals surface area contributed by atoms with Crippen LogP contribution < -0.4 is 25.8 Å². The Labute approximate surface area is 350 Å². The van der Waals surface area contributed by atoms with E-state index >= 15 is 0 Å². The smallest absolute Gasteiger partial charge is 0.279 e. The minimum Gasteiger partial charge on any atom is -0.493 e. The molecule has 6 heterocycles. The van der Waals surface area contributed by atoms with Crippen LogP contribution >= 0.6 is 0 Å². The lowest BCUT2D eigenvalue weighted by Gasteiger charge is -2.20. The Kier molecular flexibility index (Phi) is 10.6. The van der Waals surface area contributed by atoms with Crippen molar-refractivity contribution in [2.75, 3.05) is 36.6 Å². The number of anilines is 3. The highest BCUT2D eigenvalue weighted by Gasteiger charge is 2.34. The van der Waals surface area contributed by atoms with Crippen molar-refractivity contribution < 1.29 is 33.4 Å². The number of fused-ring (bicyclic) bond motifs is 3. The maximum Gasteiger partial charge on any atom is 0.279 e. The number of carbonyl (C=O) groups is 5. The van der Waals surface area contributed by atoms with Gasteiger partial charge in [0, 0.05) is 88.7 Å². The number of methoxy groups -OCH3 is 1. The third-order valence-corrected chi connectivity index (χ3v) is 10.8. The number of hydrogen-bond acceptors (Lipinski definition) is 10. The quantitative estimate of drug-likeness (QED) is 0.0599. The zero-order chi connectivity index (χ0) is 43.1. The Morgan fingerprint density at radius 2 is 1.75 bits per heavy atom. The van der Waals surface area contributed by atoms with Gasteiger partial charge in [0.05, 0.1) is 42.2 Å². The minimum absolute atomic E-state index is 0.0454. The highest BCUT2D eigenvalue weighted by Crippen LogP contribution is 2.38. The largest absolute Gasteiger partial charge is 0.493 e. The molecule has 1 saturated heterocycles. The van der Waals surface area contributed by atoms with E-state index in [0.29, 0.717) is 76.0 Å². The number of ether oxygens (including phenoxy) is 2. The number of nitrogens with zero attached hydrogens (tertiary/aromatic N) is 7. The van der Waals surface area contributed by atoms with E-state index in [1.54, 1.807) is 109 Å². The molecule has 8 rings (SSSR count). The van der Waals surface area contributed by atoms with Crippen molar-refractivity contribution in [3.63, 3.8) is 0 Å². The summed E-state index contributed by atoms with van der Waals surface area (Å²) in [5.41, 5.74) is 10.9. The van der Waals surface area contributed by atoms with Crippen molar-refractivity contribution in [2.45, 2.75) is 31.7 Å². The third-order valence-electron chi connectivity index (χ3n) is 10.8. The fourth-order valence-electron chi connectivity index (χ4n) is 7.76. The molecule has 6 aromatic rings. The average molecular weight is 825 g/mol. The molecule has 0 spiro atoms. The highest BCUT2D eigenvalue weighted by atomic mass is 16.5. The normalized spacial score (nSPS) is 14.5. The van der Waals surface area contributed by atoms with Gasteiger partial charge in [-0.2, -0.15) is 0 Å². The fraction of sp³-hybridized carbons (Fsp3) is 0.250. The lowest BCUT2D eigenvalue weighted by atomic mass is 10.1. The molecular weight excluding hydrogens is 781 g/mol. The predicted molar refractivity (Wildman–Crippen MR) is 229 cm³/mol. The van der Waals surface area contributed by atoms with Crippen molar-refractivity contribution in [1.29, 1.82) is 0 Å². The second-order valence-electron chi connectivity index (χ2n) is 15.2. The number of aryl methyl sites for hydroxylation is 3. The Bertz CT molecular complexity index is 2820. The summed E-state index contributed by atoms with van der Waals surface area (Å²) >= 11 is 0. The zero-order valence-corrected chi connectivity index (χ0v) is 34.1. The summed E-state index contributed by atoms with van der Waals surface area (Å²) in [6, 6.07) is 13.6. The summed E-state index contributed by atoms with van der Waals surface area (Å²) in [7, 11) is 6.57.